The molecule has 114 valence electrons. The summed E-state index contributed by atoms with van der Waals surface area (Å²) in [6.07, 6.45) is 9.50. The van der Waals surface area contributed by atoms with Gasteiger partial charge < -0.3 is 5.73 Å². The predicted octanol–water partition coefficient (Wildman–Crippen LogP) is 2.98. The van der Waals surface area contributed by atoms with Crippen LogP contribution in [0.25, 0.3) is 0 Å². The zero-order chi connectivity index (χ0) is 14.5. The maximum Gasteiger partial charge on any atom is 0.0538 e. The molecule has 1 unspecified atom stereocenters. The molecule has 0 aliphatic carbocycles. The van der Waals surface area contributed by atoms with Crippen molar-refractivity contribution in [1.29, 1.82) is 0 Å². The Morgan fingerprint density at radius 3 is 2.55 bits per heavy atom. The molecule has 2 heterocycles. The van der Waals surface area contributed by atoms with Crippen LogP contribution in [0.2, 0.25) is 0 Å². The van der Waals surface area contributed by atoms with Crippen molar-refractivity contribution in [2.75, 3.05) is 19.6 Å². The number of nitrogens with zero attached hydrogens (tertiary/aromatic N) is 3. The van der Waals surface area contributed by atoms with Crippen molar-refractivity contribution in [3.05, 3.63) is 18.0 Å². The largest absolute Gasteiger partial charge is 0.329 e. The Balaban J connectivity index is 1.98. The van der Waals surface area contributed by atoms with Gasteiger partial charge in [0.25, 0.3) is 0 Å². The van der Waals surface area contributed by atoms with E-state index in [9.17, 15) is 0 Å². The lowest BCUT2D eigenvalue weighted by atomic mass is 9.91. The highest BCUT2D eigenvalue weighted by Crippen LogP contribution is 2.28. The molecule has 1 aromatic rings. The van der Waals surface area contributed by atoms with Crippen LogP contribution in [0.15, 0.2) is 12.4 Å². The first-order valence-electron chi connectivity index (χ1n) is 8.13. The van der Waals surface area contributed by atoms with Crippen LogP contribution in [0.4, 0.5) is 0 Å². The fraction of sp³-hybridized carbons (Fsp3) is 0.812. The molecule has 1 aliphatic rings. The lowest BCUT2D eigenvalue weighted by molar-refractivity contribution is 0.131. The van der Waals surface area contributed by atoms with E-state index in [1.165, 1.54) is 44.3 Å². The van der Waals surface area contributed by atoms with Crippen LogP contribution in [0, 0.1) is 5.92 Å². The fourth-order valence-electron chi connectivity index (χ4n) is 3.26. The van der Waals surface area contributed by atoms with E-state index in [1.807, 2.05) is 10.9 Å². The van der Waals surface area contributed by atoms with Gasteiger partial charge in [-0.15, -0.1) is 0 Å². The van der Waals surface area contributed by atoms with Gasteiger partial charge in [-0.05, 0) is 45.7 Å². The number of hydrogen-bond donors (Lipinski definition) is 1. The maximum absolute atomic E-state index is 6.04. The molecular formula is C16H30N4. The van der Waals surface area contributed by atoms with Gasteiger partial charge >= 0.3 is 0 Å². The Kier molecular flexibility index (Phi) is 5.61. The van der Waals surface area contributed by atoms with Crippen molar-refractivity contribution in [3.63, 3.8) is 0 Å². The Morgan fingerprint density at radius 1 is 1.35 bits per heavy atom. The highest BCUT2D eigenvalue weighted by molar-refractivity contribution is 5.12. The van der Waals surface area contributed by atoms with Crippen molar-refractivity contribution in [2.24, 2.45) is 11.7 Å². The van der Waals surface area contributed by atoms with Crippen LogP contribution in [0.5, 0.6) is 0 Å². The van der Waals surface area contributed by atoms with Crippen molar-refractivity contribution in [3.8, 4) is 0 Å². The predicted molar refractivity (Wildman–Crippen MR) is 83.6 cm³/mol. The molecule has 1 fully saturated rings. The highest BCUT2D eigenvalue weighted by Gasteiger charge is 2.25. The average molecular weight is 278 g/mol. The van der Waals surface area contributed by atoms with Crippen LogP contribution in [0.3, 0.4) is 0 Å². The van der Waals surface area contributed by atoms with Gasteiger partial charge in [0.2, 0.25) is 0 Å². The quantitative estimate of drug-likeness (QED) is 0.870. The zero-order valence-electron chi connectivity index (χ0n) is 13.3. The molecule has 1 atom stereocenters. The molecule has 0 amide bonds. The number of piperidine rings is 1. The standard InChI is InChI=1S/C16H30N4/c1-4-5-14-6-8-19(9-7-14)16(10-17)15-11-18-20(12-15)13(2)3/h11-14,16H,4-10,17H2,1-3H3. The molecule has 1 saturated heterocycles. The van der Waals surface area contributed by atoms with Crippen LogP contribution >= 0.6 is 0 Å². The summed E-state index contributed by atoms with van der Waals surface area (Å²) in [5, 5.41) is 4.46. The van der Waals surface area contributed by atoms with Crippen molar-refractivity contribution >= 4 is 0 Å². The summed E-state index contributed by atoms with van der Waals surface area (Å²) < 4.78 is 2.03. The van der Waals surface area contributed by atoms with E-state index in [1.54, 1.807) is 0 Å². The molecule has 0 spiro atoms. The molecule has 2 rings (SSSR count). The minimum atomic E-state index is 0.338. The van der Waals surface area contributed by atoms with Crippen LogP contribution < -0.4 is 5.73 Å². The lowest BCUT2D eigenvalue weighted by Crippen LogP contribution is -2.39. The molecule has 4 heteroatoms. The van der Waals surface area contributed by atoms with Crippen LogP contribution in [-0.4, -0.2) is 34.3 Å². The van der Waals surface area contributed by atoms with Gasteiger partial charge in [-0.25, -0.2) is 0 Å². The summed E-state index contributed by atoms with van der Waals surface area (Å²) >= 11 is 0. The summed E-state index contributed by atoms with van der Waals surface area (Å²) in [7, 11) is 0. The van der Waals surface area contributed by atoms with E-state index in [2.05, 4.69) is 37.0 Å². The van der Waals surface area contributed by atoms with Crippen molar-refractivity contribution in [2.45, 2.75) is 58.5 Å². The van der Waals surface area contributed by atoms with Gasteiger partial charge in [0.1, 0.15) is 0 Å². The second-order valence-electron chi connectivity index (χ2n) is 6.37. The van der Waals surface area contributed by atoms with Crippen LogP contribution in [-0.2, 0) is 0 Å². The summed E-state index contributed by atoms with van der Waals surface area (Å²) in [6, 6.07) is 0.752. The Morgan fingerprint density at radius 2 is 2.05 bits per heavy atom. The van der Waals surface area contributed by atoms with Gasteiger partial charge in [-0.2, -0.15) is 5.10 Å². The van der Waals surface area contributed by atoms with Gasteiger partial charge in [0.15, 0.2) is 0 Å². The number of likely N-dealkylation sites (tertiary alicyclic amines) is 1. The van der Waals surface area contributed by atoms with E-state index < -0.39 is 0 Å². The first-order valence-corrected chi connectivity index (χ1v) is 8.13. The van der Waals surface area contributed by atoms with Crippen LogP contribution in [0.1, 0.15) is 64.1 Å². The summed E-state index contributed by atoms with van der Waals surface area (Å²) in [6.45, 7) is 9.64. The smallest absolute Gasteiger partial charge is 0.0538 e. The maximum atomic E-state index is 6.04. The van der Waals surface area contributed by atoms with E-state index in [4.69, 9.17) is 5.73 Å². The van der Waals surface area contributed by atoms with Crippen molar-refractivity contribution in [1.82, 2.24) is 14.7 Å². The van der Waals surface area contributed by atoms with Gasteiger partial charge in [0.05, 0.1) is 12.2 Å². The third kappa shape index (κ3) is 3.61. The molecule has 2 N–H and O–H groups in total. The molecule has 20 heavy (non-hydrogen) atoms. The zero-order valence-corrected chi connectivity index (χ0v) is 13.3. The number of aromatic nitrogens is 2. The first-order chi connectivity index (χ1) is 9.65. The second kappa shape index (κ2) is 7.23. The van der Waals surface area contributed by atoms with Gasteiger partial charge in [0, 0.05) is 24.3 Å². The molecule has 0 aromatic carbocycles. The number of hydrogen-bond acceptors (Lipinski definition) is 3. The first kappa shape index (κ1) is 15.5. The molecular weight excluding hydrogens is 248 g/mol. The third-order valence-electron chi connectivity index (χ3n) is 4.55. The normalized spacial score (nSPS) is 19.6. The molecule has 1 aliphatic heterocycles. The summed E-state index contributed by atoms with van der Waals surface area (Å²) in [5.41, 5.74) is 7.31. The lowest BCUT2D eigenvalue weighted by Gasteiger charge is -2.36. The van der Waals surface area contributed by atoms with Crippen molar-refractivity contribution < 1.29 is 0 Å². The Labute approximate surface area is 123 Å². The molecule has 0 radical (unpaired) electrons. The Bertz CT molecular complexity index is 391. The fourth-order valence-corrected chi connectivity index (χ4v) is 3.26. The van der Waals surface area contributed by atoms with Gasteiger partial charge in [-0.1, -0.05) is 19.8 Å². The molecule has 4 nitrogen and oxygen atoms in total. The topological polar surface area (TPSA) is 47.1 Å². The minimum Gasteiger partial charge on any atom is -0.329 e. The van der Waals surface area contributed by atoms with E-state index >= 15 is 0 Å². The second-order valence-corrected chi connectivity index (χ2v) is 6.37. The minimum absolute atomic E-state index is 0.338. The van der Waals surface area contributed by atoms with E-state index in [0.717, 1.165) is 5.92 Å². The van der Waals surface area contributed by atoms with E-state index in [0.29, 0.717) is 18.6 Å². The number of rotatable bonds is 6. The third-order valence-corrected chi connectivity index (χ3v) is 4.55. The summed E-state index contributed by atoms with van der Waals surface area (Å²) in [4.78, 5) is 2.55. The Hall–Kier alpha value is -0.870. The highest BCUT2D eigenvalue weighted by atomic mass is 15.3. The molecule has 0 saturated carbocycles. The van der Waals surface area contributed by atoms with Gasteiger partial charge in [-0.3, -0.25) is 9.58 Å². The average Bonchev–Trinajstić information content (AvgIpc) is 2.92. The monoisotopic (exact) mass is 278 g/mol. The number of nitrogens with two attached hydrogens (primary N) is 1. The summed E-state index contributed by atoms with van der Waals surface area (Å²) in [5.74, 6) is 0.924. The molecule has 1 aromatic heterocycles. The molecule has 0 bridgehead atoms. The SMILES string of the molecule is CCCC1CCN(C(CN)c2cnn(C(C)C)c2)CC1. The van der Waals surface area contributed by atoms with E-state index in [-0.39, 0.29) is 0 Å².